The van der Waals surface area contributed by atoms with E-state index in [1.54, 1.807) is 20.8 Å². The second-order valence-corrected chi connectivity index (χ2v) is 4.19. The highest BCUT2D eigenvalue weighted by Gasteiger charge is 2.18. The molecule has 4 heteroatoms. The van der Waals surface area contributed by atoms with Crippen LogP contribution in [-0.4, -0.2) is 24.0 Å². The Morgan fingerprint density at radius 3 is 2.47 bits per heavy atom. The molecule has 0 aliphatic heterocycles. The van der Waals surface area contributed by atoms with Crippen molar-refractivity contribution in [2.45, 2.75) is 45.8 Å². The summed E-state index contributed by atoms with van der Waals surface area (Å²) >= 11 is 0. The Balaban J connectivity index is 4.07. The molecule has 0 aliphatic carbocycles. The zero-order valence-electron chi connectivity index (χ0n) is 9.74. The average molecular weight is 213 g/mol. The maximum Gasteiger partial charge on any atom is 0.408 e. The third-order valence-corrected chi connectivity index (χ3v) is 1.49. The Labute approximate surface area is 90.7 Å². The first-order valence-corrected chi connectivity index (χ1v) is 4.95. The number of hydrogen-bond donors (Lipinski definition) is 1. The number of carbonyl (C=O) groups is 2. The van der Waals surface area contributed by atoms with Gasteiger partial charge in [0.1, 0.15) is 11.9 Å². The van der Waals surface area contributed by atoms with Crippen molar-refractivity contribution in [2.75, 3.05) is 0 Å². The van der Waals surface area contributed by atoms with Gasteiger partial charge in [0.05, 0.1) is 6.04 Å². The van der Waals surface area contributed by atoms with Gasteiger partial charge in [-0.05, 0) is 34.1 Å². The van der Waals surface area contributed by atoms with E-state index in [9.17, 15) is 9.59 Å². The van der Waals surface area contributed by atoms with E-state index in [0.29, 0.717) is 12.7 Å². The fourth-order valence-corrected chi connectivity index (χ4v) is 0.890. The van der Waals surface area contributed by atoms with E-state index in [2.05, 4.69) is 5.32 Å². The Hall–Kier alpha value is -1.32. The highest BCUT2D eigenvalue weighted by atomic mass is 16.6. The van der Waals surface area contributed by atoms with Crippen LogP contribution in [0.1, 0.15) is 34.1 Å². The second kappa shape index (κ2) is 6.22. The van der Waals surface area contributed by atoms with Crippen LogP contribution in [0.15, 0.2) is 12.2 Å². The summed E-state index contributed by atoms with van der Waals surface area (Å²) in [5.41, 5.74) is -0.544. The third-order valence-electron chi connectivity index (χ3n) is 1.49. The Bertz CT molecular complexity index is 241. The molecule has 1 unspecified atom stereocenters. The summed E-state index contributed by atoms with van der Waals surface area (Å²) in [6.07, 6.45) is 4.26. The Morgan fingerprint density at radius 2 is 2.07 bits per heavy atom. The number of alkyl carbamates (subject to hydrolysis) is 1. The molecule has 1 amide bonds. The van der Waals surface area contributed by atoms with Gasteiger partial charge in [0.15, 0.2) is 0 Å². The minimum atomic E-state index is -0.566. The average Bonchev–Trinajstić information content (AvgIpc) is 2.09. The lowest BCUT2D eigenvalue weighted by molar-refractivity contribution is -0.109. The molecule has 0 heterocycles. The van der Waals surface area contributed by atoms with Crippen LogP contribution in [0.3, 0.4) is 0 Å². The molecule has 0 saturated heterocycles. The van der Waals surface area contributed by atoms with E-state index in [1.807, 2.05) is 19.1 Å². The summed E-state index contributed by atoms with van der Waals surface area (Å²) in [6, 6.07) is -0.518. The van der Waals surface area contributed by atoms with Crippen LogP contribution in [0.4, 0.5) is 4.79 Å². The molecule has 0 radical (unpaired) electrons. The van der Waals surface area contributed by atoms with Crippen molar-refractivity contribution in [3.05, 3.63) is 12.2 Å². The predicted molar refractivity (Wildman–Crippen MR) is 58.7 cm³/mol. The van der Waals surface area contributed by atoms with Crippen molar-refractivity contribution in [1.82, 2.24) is 5.32 Å². The first kappa shape index (κ1) is 13.7. The van der Waals surface area contributed by atoms with Gasteiger partial charge in [0.2, 0.25) is 0 Å². The van der Waals surface area contributed by atoms with Crippen molar-refractivity contribution in [3.63, 3.8) is 0 Å². The number of aldehydes is 1. The third kappa shape index (κ3) is 7.73. The van der Waals surface area contributed by atoms with Crippen molar-refractivity contribution in [2.24, 2.45) is 0 Å². The second-order valence-electron chi connectivity index (χ2n) is 4.19. The Morgan fingerprint density at radius 1 is 1.47 bits per heavy atom. The predicted octanol–water partition coefficient (Wildman–Crippen LogP) is 2.04. The van der Waals surface area contributed by atoms with Gasteiger partial charge in [-0.15, -0.1) is 0 Å². The van der Waals surface area contributed by atoms with Gasteiger partial charge in [0, 0.05) is 0 Å². The lowest BCUT2D eigenvalue weighted by Crippen LogP contribution is -2.39. The van der Waals surface area contributed by atoms with Crippen LogP contribution in [0.25, 0.3) is 0 Å². The molecule has 0 fully saturated rings. The normalized spacial score (nSPS) is 13.6. The van der Waals surface area contributed by atoms with Gasteiger partial charge >= 0.3 is 6.09 Å². The SMILES string of the molecule is CC=CCC(C=O)NC(=O)OC(C)(C)C. The van der Waals surface area contributed by atoms with Crippen molar-refractivity contribution in [1.29, 1.82) is 0 Å². The maximum atomic E-state index is 11.3. The van der Waals surface area contributed by atoms with E-state index in [4.69, 9.17) is 4.74 Å². The molecule has 4 nitrogen and oxygen atoms in total. The lowest BCUT2D eigenvalue weighted by Gasteiger charge is -2.21. The van der Waals surface area contributed by atoms with Crippen LogP contribution in [-0.2, 0) is 9.53 Å². The maximum absolute atomic E-state index is 11.3. The summed E-state index contributed by atoms with van der Waals surface area (Å²) in [7, 11) is 0. The number of allylic oxidation sites excluding steroid dienone is 1. The molecule has 0 spiro atoms. The van der Waals surface area contributed by atoms with Gasteiger partial charge < -0.3 is 14.8 Å². The number of rotatable bonds is 4. The first-order chi connectivity index (χ1) is 6.89. The van der Waals surface area contributed by atoms with Crippen molar-refractivity contribution < 1.29 is 14.3 Å². The lowest BCUT2D eigenvalue weighted by atomic mass is 10.2. The number of nitrogens with one attached hydrogen (secondary N) is 1. The topological polar surface area (TPSA) is 55.4 Å². The summed E-state index contributed by atoms with van der Waals surface area (Å²) in [6.45, 7) is 7.17. The van der Waals surface area contributed by atoms with E-state index in [0.717, 1.165) is 0 Å². The minimum Gasteiger partial charge on any atom is -0.444 e. The van der Waals surface area contributed by atoms with E-state index >= 15 is 0 Å². The highest BCUT2D eigenvalue weighted by molar-refractivity contribution is 5.73. The summed E-state index contributed by atoms with van der Waals surface area (Å²) in [5, 5.41) is 2.48. The van der Waals surface area contributed by atoms with Crippen LogP contribution in [0, 0.1) is 0 Å². The Kier molecular flexibility index (Phi) is 5.67. The van der Waals surface area contributed by atoms with Gasteiger partial charge in [-0.2, -0.15) is 0 Å². The fraction of sp³-hybridized carbons (Fsp3) is 0.636. The quantitative estimate of drug-likeness (QED) is 0.574. The minimum absolute atomic E-state index is 0.485. The molecule has 0 bridgehead atoms. The van der Waals surface area contributed by atoms with Crippen LogP contribution < -0.4 is 5.32 Å². The van der Waals surface area contributed by atoms with Gasteiger partial charge in [-0.3, -0.25) is 0 Å². The molecular weight excluding hydrogens is 194 g/mol. The standard InChI is InChI=1S/C11H19NO3/c1-5-6-7-9(8-13)12-10(14)15-11(2,3)4/h5-6,8-9H,7H2,1-4H3,(H,12,14). The molecule has 0 aromatic rings. The number of ether oxygens (including phenoxy) is 1. The number of amides is 1. The summed E-state index contributed by atoms with van der Waals surface area (Å²) in [5.74, 6) is 0. The van der Waals surface area contributed by atoms with Crippen LogP contribution in [0.5, 0.6) is 0 Å². The molecule has 0 aromatic carbocycles. The largest absolute Gasteiger partial charge is 0.444 e. The molecule has 0 rings (SSSR count). The molecule has 0 aliphatic rings. The zero-order valence-corrected chi connectivity index (χ0v) is 9.74. The monoisotopic (exact) mass is 213 g/mol. The summed E-state index contributed by atoms with van der Waals surface area (Å²) in [4.78, 5) is 21.9. The van der Waals surface area contributed by atoms with Crippen molar-refractivity contribution in [3.8, 4) is 0 Å². The van der Waals surface area contributed by atoms with E-state index < -0.39 is 17.7 Å². The van der Waals surface area contributed by atoms with E-state index in [-0.39, 0.29) is 0 Å². The van der Waals surface area contributed by atoms with Crippen LogP contribution in [0.2, 0.25) is 0 Å². The summed E-state index contributed by atoms with van der Waals surface area (Å²) < 4.78 is 5.02. The van der Waals surface area contributed by atoms with Crippen molar-refractivity contribution >= 4 is 12.4 Å². The molecule has 0 saturated carbocycles. The van der Waals surface area contributed by atoms with Crippen LogP contribution >= 0.6 is 0 Å². The zero-order chi connectivity index (χ0) is 11.9. The molecule has 15 heavy (non-hydrogen) atoms. The van der Waals surface area contributed by atoms with Gasteiger partial charge in [-0.1, -0.05) is 12.2 Å². The molecule has 86 valence electrons. The molecule has 1 atom stereocenters. The number of hydrogen-bond acceptors (Lipinski definition) is 3. The first-order valence-electron chi connectivity index (χ1n) is 4.95. The van der Waals surface area contributed by atoms with E-state index in [1.165, 1.54) is 0 Å². The molecular formula is C11H19NO3. The van der Waals surface area contributed by atoms with Gasteiger partial charge in [-0.25, -0.2) is 4.79 Å². The van der Waals surface area contributed by atoms with Gasteiger partial charge in [0.25, 0.3) is 0 Å². The highest BCUT2D eigenvalue weighted by Crippen LogP contribution is 2.06. The molecule has 0 aromatic heterocycles. The number of carbonyl (C=O) groups excluding carboxylic acids is 2. The smallest absolute Gasteiger partial charge is 0.408 e. The fourth-order valence-electron chi connectivity index (χ4n) is 0.890. The molecule has 1 N–H and O–H groups in total.